The molecule has 2 atom stereocenters. The summed E-state index contributed by atoms with van der Waals surface area (Å²) in [5.74, 6) is 0.487. The molecule has 2 aliphatic rings. The van der Waals surface area contributed by atoms with Gasteiger partial charge in [0, 0.05) is 25.2 Å². The van der Waals surface area contributed by atoms with Gasteiger partial charge in [0.1, 0.15) is 0 Å². The Hall–Kier alpha value is -1.00. The lowest BCUT2D eigenvalue weighted by molar-refractivity contribution is -0.146. The molecule has 1 aromatic rings. The number of hydrogen-bond acceptors (Lipinski definition) is 4. The van der Waals surface area contributed by atoms with Crippen molar-refractivity contribution in [2.24, 2.45) is 11.7 Å². The summed E-state index contributed by atoms with van der Waals surface area (Å²) in [6.07, 6.45) is 11.0. The first-order chi connectivity index (χ1) is 8.29. The number of nitrogens with zero attached hydrogens (tertiary/aromatic N) is 2. The third-order valence-electron chi connectivity index (χ3n) is 4.23. The van der Waals surface area contributed by atoms with Crippen molar-refractivity contribution < 1.29 is 4.74 Å². The van der Waals surface area contributed by atoms with Crippen molar-refractivity contribution in [2.75, 3.05) is 6.61 Å². The predicted octanol–water partition coefficient (Wildman–Crippen LogP) is 1.83. The fourth-order valence-electron chi connectivity index (χ4n) is 3.02. The maximum Gasteiger partial charge on any atom is 0.0756 e. The highest BCUT2D eigenvalue weighted by atomic mass is 16.5. The highest BCUT2D eigenvalue weighted by molar-refractivity contribution is 5.06. The Morgan fingerprint density at radius 1 is 1.41 bits per heavy atom. The molecular weight excluding hydrogens is 214 g/mol. The fourth-order valence-corrected chi connectivity index (χ4v) is 3.02. The van der Waals surface area contributed by atoms with E-state index in [-0.39, 0.29) is 11.6 Å². The SMILES string of the molecule is NC(c1cnccn1)C1CCOC2(CCC2)C1. The molecule has 0 aromatic carbocycles. The van der Waals surface area contributed by atoms with Crippen molar-refractivity contribution >= 4 is 0 Å². The lowest BCUT2D eigenvalue weighted by Crippen LogP contribution is -2.47. The molecule has 1 aliphatic carbocycles. The lowest BCUT2D eigenvalue weighted by atomic mass is 9.70. The van der Waals surface area contributed by atoms with E-state index in [1.807, 2.05) is 0 Å². The molecule has 0 radical (unpaired) electrons. The van der Waals surface area contributed by atoms with Crippen LogP contribution in [0.1, 0.15) is 43.8 Å². The van der Waals surface area contributed by atoms with Crippen LogP contribution in [-0.4, -0.2) is 22.2 Å². The summed E-state index contributed by atoms with van der Waals surface area (Å²) in [5.41, 5.74) is 7.38. The van der Waals surface area contributed by atoms with Gasteiger partial charge in [-0.25, -0.2) is 0 Å². The van der Waals surface area contributed by atoms with Crippen LogP contribution in [0.5, 0.6) is 0 Å². The highest BCUT2D eigenvalue weighted by Gasteiger charge is 2.44. The number of ether oxygens (including phenoxy) is 1. The van der Waals surface area contributed by atoms with E-state index in [4.69, 9.17) is 10.5 Å². The van der Waals surface area contributed by atoms with E-state index in [0.29, 0.717) is 5.92 Å². The first kappa shape index (κ1) is 11.1. The summed E-state index contributed by atoms with van der Waals surface area (Å²) >= 11 is 0. The van der Waals surface area contributed by atoms with Crippen LogP contribution in [0.25, 0.3) is 0 Å². The van der Waals surface area contributed by atoms with Crippen molar-refractivity contribution in [3.63, 3.8) is 0 Å². The number of hydrogen-bond donors (Lipinski definition) is 1. The van der Waals surface area contributed by atoms with Crippen LogP contribution in [0.3, 0.4) is 0 Å². The Morgan fingerprint density at radius 3 is 2.94 bits per heavy atom. The largest absolute Gasteiger partial charge is 0.375 e. The first-order valence-electron chi connectivity index (χ1n) is 6.45. The van der Waals surface area contributed by atoms with Gasteiger partial charge < -0.3 is 10.5 Å². The van der Waals surface area contributed by atoms with E-state index in [2.05, 4.69) is 9.97 Å². The molecule has 0 amide bonds. The molecule has 2 N–H and O–H groups in total. The Kier molecular flexibility index (Phi) is 2.84. The van der Waals surface area contributed by atoms with Crippen molar-refractivity contribution in [2.45, 2.75) is 43.7 Å². The minimum absolute atomic E-state index is 0.00470. The fraction of sp³-hybridized carbons (Fsp3) is 0.692. The molecule has 1 aromatic heterocycles. The summed E-state index contributed by atoms with van der Waals surface area (Å²) in [6.45, 7) is 0.846. The maximum atomic E-state index is 6.31. The van der Waals surface area contributed by atoms with E-state index >= 15 is 0 Å². The van der Waals surface area contributed by atoms with Gasteiger partial charge in [-0.15, -0.1) is 0 Å². The molecule has 4 nitrogen and oxygen atoms in total. The Bertz CT molecular complexity index is 378. The molecule has 2 unspecified atom stereocenters. The van der Waals surface area contributed by atoms with Gasteiger partial charge in [-0.1, -0.05) is 0 Å². The smallest absolute Gasteiger partial charge is 0.0756 e. The average molecular weight is 233 g/mol. The zero-order chi connectivity index (χ0) is 11.7. The van der Waals surface area contributed by atoms with E-state index in [1.54, 1.807) is 18.6 Å². The second-order valence-corrected chi connectivity index (χ2v) is 5.29. The summed E-state index contributed by atoms with van der Waals surface area (Å²) in [4.78, 5) is 8.41. The molecule has 0 bridgehead atoms. The molecule has 1 spiro atoms. The van der Waals surface area contributed by atoms with Gasteiger partial charge >= 0.3 is 0 Å². The molecule has 17 heavy (non-hydrogen) atoms. The number of nitrogens with two attached hydrogens (primary N) is 1. The molecule has 1 aliphatic heterocycles. The lowest BCUT2D eigenvalue weighted by Gasteiger charge is -2.48. The Labute approximate surface area is 102 Å². The molecule has 92 valence electrons. The predicted molar refractivity (Wildman–Crippen MR) is 64.2 cm³/mol. The van der Waals surface area contributed by atoms with Crippen molar-refractivity contribution in [3.05, 3.63) is 24.3 Å². The van der Waals surface area contributed by atoms with Gasteiger partial charge in [0.15, 0.2) is 0 Å². The topological polar surface area (TPSA) is 61.0 Å². The number of aromatic nitrogens is 2. The van der Waals surface area contributed by atoms with Crippen molar-refractivity contribution in [1.82, 2.24) is 9.97 Å². The van der Waals surface area contributed by atoms with Crippen LogP contribution in [0.2, 0.25) is 0 Å². The standard InChI is InChI=1S/C13H19N3O/c14-12(11-9-15-5-6-16-11)10-2-7-17-13(8-10)3-1-4-13/h5-6,9-10,12H,1-4,7-8,14H2. The van der Waals surface area contributed by atoms with Crippen LogP contribution in [0.4, 0.5) is 0 Å². The van der Waals surface area contributed by atoms with Crippen LogP contribution >= 0.6 is 0 Å². The molecule has 3 rings (SSSR count). The van der Waals surface area contributed by atoms with Crippen LogP contribution < -0.4 is 5.73 Å². The third kappa shape index (κ3) is 2.07. The van der Waals surface area contributed by atoms with Crippen LogP contribution in [0, 0.1) is 5.92 Å². The summed E-state index contributed by atoms with van der Waals surface area (Å²) in [5, 5.41) is 0. The van der Waals surface area contributed by atoms with E-state index < -0.39 is 0 Å². The molecule has 2 fully saturated rings. The van der Waals surface area contributed by atoms with Crippen LogP contribution in [-0.2, 0) is 4.74 Å². The highest BCUT2D eigenvalue weighted by Crippen LogP contribution is 2.46. The van der Waals surface area contributed by atoms with E-state index in [0.717, 1.165) is 25.1 Å². The molecule has 1 saturated carbocycles. The minimum Gasteiger partial charge on any atom is -0.375 e. The van der Waals surface area contributed by atoms with Gasteiger partial charge in [-0.2, -0.15) is 0 Å². The molecular formula is C13H19N3O. The van der Waals surface area contributed by atoms with E-state index in [9.17, 15) is 0 Å². The maximum absolute atomic E-state index is 6.31. The molecule has 4 heteroatoms. The van der Waals surface area contributed by atoms with Gasteiger partial charge in [-0.05, 0) is 38.0 Å². The van der Waals surface area contributed by atoms with Crippen LogP contribution in [0.15, 0.2) is 18.6 Å². The summed E-state index contributed by atoms with van der Waals surface area (Å²) in [7, 11) is 0. The number of rotatable bonds is 2. The summed E-state index contributed by atoms with van der Waals surface area (Å²) in [6, 6.07) is 0.00470. The van der Waals surface area contributed by atoms with Gasteiger partial charge in [0.05, 0.1) is 17.3 Å². The zero-order valence-corrected chi connectivity index (χ0v) is 10.0. The molecule has 2 heterocycles. The van der Waals surface area contributed by atoms with Gasteiger partial charge in [0.2, 0.25) is 0 Å². The second kappa shape index (κ2) is 4.35. The third-order valence-corrected chi connectivity index (χ3v) is 4.23. The Morgan fingerprint density at radius 2 is 2.29 bits per heavy atom. The van der Waals surface area contributed by atoms with E-state index in [1.165, 1.54) is 19.3 Å². The second-order valence-electron chi connectivity index (χ2n) is 5.29. The molecule has 1 saturated heterocycles. The van der Waals surface area contributed by atoms with Gasteiger partial charge in [-0.3, -0.25) is 9.97 Å². The van der Waals surface area contributed by atoms with Gasteiger partial charge in [0.25, 0.3) is 0 Å². The quantitative estimate of drug-likeness (QED) is 0.846. The Balaban J connectivity index is 1.71. The average Bonchev–Trinajstić information content (AvgIpc) is 2.37. The van der Waals surface area contributed by atoms with Crippen molar-refractivity contribution in [3.8, 4) is 0 Å². The normalized spacial score (nSPS) is 28.6. The minimum atomic E-state index is 0.00470. The van der Waals surface area contributed by atoms with Crippen molar-refractivity contribution in [1.29, 1.82) is 0 Å². The monoisotopic (exact) mass is 233 g/mol. The zero-order valence-electron chi connectivity index (χ0n) is 10.0. The summed E-state index contributed by atoms with van der Waals surface area (Å²) < 4.78 is 5.93. The first-order valence-corrected chi connectivity index (χ1v) is 6.45.